The molecule has 2 rings (SSSR count). The van der Waals surface area contributed by atoms with Crippen LogP contribution in [0.15, 0.2) is 24.3 Å². The Kier molecular flexibility index (Phi) is 2.90. The van der Waals surface area contributed by atoms with E-state index in [2.05, 4.69) is 38.1 Å². The Balaban J connectivity index is 2.09. The average molecular weight is 188 g/mol. The van der Waals surface area contributed by atoms with Crippen molar-refractivity contribution in [3.05, 3.63) is 35.4 Å². The fourth-order valence-electron chi connectivity index (χ4n) is 2.67. The Bertz CT molecular complexity index is 301. The SMILES string of the molecule is CCC1CCC(c2cccc(C)c2)C1. The second-order valence-electron chi connectivity index (χ2n) is 4.70. The number of rotatable bonds is 2. The van der Waals surface area contributed by atoms with E-state index in [1.165, 1.54) is 31.2 Å². The van der Waals surface area contributed by atoms with Crippen LogP contribution in [-0.4, -0.2) is 0 Å². The molecular formula is C14H20. The van der Waals surface area contributed by atoms with Crippen LogP contribution in [0, 0.1) is 12.8 Å². The summed E-state index contributed by atoms with van der Waals surface area (Å²) in [4.78, 5) is 0. The first-order valence-corrected chi connectivity index (χ1v) is 5.86. The van der Waals surface area contributed by atoms with E-state index in [0.29, 0.717) is 0 Å². The minimum atomic E-state index is 0.847. The molecule has 0 N–H and O–H groups in total. The Morgan fingerprint density at radius 2 is 2.14 bits per heavy atom. The summed E-state index contributed by atoms with van der Waals surface area (Å²) in [7, 11) is 0. The lowest BCUT2D eigenvalue weighted by molar-refractivity contribution is 0.521. The van der Waals surface area contributed by atoms with Crippen LogP contribution in [0.25, 0.3) is 0 Å². The first-order chi connectivity index (χ1) is 6.79. The molecule has 14 heavy (non-hydrogen) atoms. The van der Waals surface area contributed by atoms with Crippen molar-refractivity contribution in [2.75, 3.05) is 0 Å². The lowest BCUT2D eigenvalue weighted by Crippen LogP contribution is -1.95. The molecule has 0 aliphatic heterocycles. The van der Waals surface area contributed by atoms with Gasteiger partial charge in [0.1, 0.15) is 0 Å². The predicted molar refractivity (Wildman–Crippen MR) is 61.6 cm³/mol. The minimum absolute atomic E-state index is 0.847. The molecule has 0 bridgehead atoms. The van der Waals surface area contributed by atoms with Gasteiger partial charge in [-0.15, -0.1) is 0 Å². The highest BCUT2D eigenvalue weighted by molar-refractivity contribution is 5.26. The van der Waals surface area contributed by atoms with E-state index in [4.69, 9.17) is 0 Å². The highest BCUT2D eigenvalue weighted by Gasteiger charge is 2.24. The van der Waals surface area contributed by atoms with Crippen LogP contribution < -0.4 is 0 Å². The van der Waals surface area contributed by atoms with Crippen molar-refractivity contribution < 1.29 is 0 Å². The summed E-state index contributed by atoms with van der Waals surface area (Å²) in [5.41, 5.74) is 2.98. The summed E-state index contributed by atoms with van der Waals surface area (Å²) in [6.07, 6.45) is 5.62. The van der Waals surface area contributed by atoms with Gasteiger partial charge in [-0.2, -0.15) is 0 Å². The molecule has 1 aliphatic rings. The van der Waals surface area contributed by atoms with Gasteiger partial charge >= 0.3 is 0 Å². The van der Waals surface area contributed by atoms with Crippen molar-refractivity contribution in [2.45, 2.75) is 45.4 Å². The van der Waals surface area contributed by atoms with Crippen molar-refractivity contribution in [2.24, 2.45) is 5.92 Å². The normalized spacial score (nSPS) is 26.7. The van der Waals surface area contributed by atoms with Gasteiger partial charge in [-0.1, -0.05) is 43.2 Å². The van der Waals surface area contributed by atoms with Crippen LogP contribution >= 0.6 is 0 Å². The Labute approximate surface area is 87.3 Å². The van der Waals surface area contributed by atoms with Gasteiger partial charge in [-0.05, 0) is 43.6 Å². The topological polar surface area (TPSA) is 0 Å². The molecule has 0 amide bonds. The van der Waals surface area contributed by atoms with Gasteiger partial charge in [0.25, 0.3) is 0 Å². The third-order valence-electron chi connectivity index (χ3n) is 3.63. The molecular weight excluding hydrogens is 168 g/mol. The van der Waals surface area contributed by atoms with E-state index in [1.807, 2.05) is 0 Å². The largest absolute Gasteiger partial charge is 0.0651 e. The minimum Gasteiger partial charge on any atom is -0.0651 e. The second kappa shape index (κ2) is 4.16. The Morgan fingerprint density at radius 1 is 1.29 bits per heavy atom. The lowest BCUT2D eigenvalue weighted by Gasteiger charge is -2.11. The van der Waals surface area contributed by atoms with E-state index in [1.54, 1.807) is 5.56 Å². The maximum absolute atomic E-state index is 2.36. The molecule has 0 radical (unpaired) electrons. The predicted octanol–water partition coefficient (Wildman–Crippen LogP) is 4.29. The summed E-state index contributed by atoms with van der Waals surface area (Å²) in [6, 6.07) is 9.05. The number of aryl methyl sites for hydroxylation is 1. The van der Waals surface area contributed by atoms with Crippen LogP contribution in [-0.2, 0) is 0 Å². The highest BCUT2D eigenvalue weighted by atomic mass is 14.3. The quantitative estimate of drug-likeness (QED) is 0.649. The van der Waals surface area contributed by atoms with Crippen LogP contribution in [0.4, 0.5) is 0 Å². The third-order valence-corrected chi connectivity index (χ3v) is 3.63. The molecule has 76 valence electrons. The zero-order valence-electron chi connectivity index (χ0n) is 9.29. The molecule has 0 heterocycles. The van der Waals surface area contributed by atoms with Crippen molar-refractivity contribution >= 4 is 0 Å². The number of hydrogen-bond acceptors (Lipinski definition) is 0. The van der Waals surface area contributed by atoms with Crippen molar-refractivity contribution in [1.29, 1.82) is 0 Å². The maximum Gasteiger partial charge on any atom is -0.0159 e. The third kappa shape index (κ3) is 2.00. The van der Waals surface area contributed by atoms with E-state index in [0.717, 1.165) is 11.8 Å². The van der Waals surface area contributed by atoms with E-state index in [9.17, 15) is 0 Å². The van der Waals surface area contributed by atoms with Gasteiger partial charge in [0.05, 0.1) is 0 Å². The van der Waals surface area contributed by atoms with E-state index in [-0.39, 0.29) is 0 Å². The zero-order chi connectivity index (χ0) is 9.97. The summed E-state index contributed by atoms with van der Waals surface area (Å²) in [5, 5.41) is 0. The molecule has 0 nitrogen and oxygen atoms in total. The smallest absolute Gasteiger partial charge is 0.0159 e. The maximum atomic E-state index is 2.36. The average Bonchev–Trinajstić information content (AvgIpc) is 2.66. The van der Waals surface area contributed by atoms with E-state index < -0.39 is 0 Å². The fraction of sp³-hybridized carbons (Fsp3) is 0.571. The Hall–Kier alpha value is -0.780. The van der Waals surface area contributed by atoms with Crippen LogP contribution in [0.5, 0.6) is 0 Å². The first-order valence-electron chi connectivity index (χ1n) is 5.86. The molecule has 1 aromatic carbocycles. The fourth-order valence-corrected chi connectivity index (χ4v) is 2.67. The lowest BCUT2D eigenvalue weighted by atomic mass is 9.94. The van der Waals surface area contributed by atoms with Crippen LogP contribution in [0.2, 0.25) is 0 Å². The van der Waals surface area contributed by atoms with Crippen LogP contribution in [0.1, 0.15) is 49.7 Å². The number of hydrogen-bond donors (Lipinski definition) is 0. The van der Waals surface area contributed by atoms with Crippen molar-refractivity contribution in [1.82, 2.24) is 0 Å². The van der Waals surface area contributed by atoms with Gasteiger partial charge < -0.3 is 0 Å². The van der Waals surface area contributed by atoms with Gasteiger partial charge in [-0.3, -0.25) is 0 Å². The van der Waals surface area contributed by atoms with Crippen LogP contribution in [0.3, 0.4) is 0 Å². The molecule has 2 unspecified atom stereocenters. The molecule has 1 fully saturated rings. The van der Waals surface area contributed by atoms with Crippen molar-refractivity contribution in [3.63, 3.8) is 0 Å². The molecule has 0 spiro atoms. The van der Waals surface area contributed by atoms with Gasteiger partial charge in [0.2, 0.25) is 0 Å². The summed E-state index contributed by atoms with van der Waals surface area (Å²) in [6.45, 7) is 4.51. The Morgan fingerprint density at radius 3 is 2.79 bits per heavy atom. The number of benzene rings is 1. The second-order valence-corrected chi connectivity index (χ2v) is 4.70. The highest BCUT2D eigenvalue weighted by Crippen LogP contribution is 2.39. The van der Waals surface area contributed by atoms with Crippen molar-refractivity contribution in [3.8, 4) is 0 Å². The zero-order valence-corrected chi connectivity index (χ0v) is 9.29. The van der Waals surface area contributed by atoms with E-state index >= 15 is 0 Å². The molecule has 0 saturated heterocycles. The first kappa shape index (κ1) is 9.76. The van der Waals surface area contributed by atoms with Gasteiger partial charge in [-0.25, -0.2) is 0 Å². The molecule has 0 aromatic heterocycles. The summed E-state index contributed by atoms with van der Waals surface area (Å²) in [5.74, 6) is 1.83. The molecule has 1 saturated carbocycles. The standard InChI is InChI=1S/C14H20/c1-3-12-7-8-14(10-12)13-6-4-5-11(2)9-13/h4-6,9,12,14H,3,7-8,10H2,1-2H3. The molecule has 1 aliphatic carbocycles. The molecule has 2 atom stereocenters. The monoisotopic (exact) mass is 188 g/mol. The molecule has 1 aromatic rings. The van der Waals surface area contributed by atoms with Gasteiger partial charge in [0, 0.05) is 0 Å². The van der Waals surface area contributed by atoms with Gasteiger partial charge in [0.15, 0.2) is 0 Å². The summed E-state index contributed by atoms with van der Waals surface area (Å²) >= 11 is 0. The molecule has 0 heteroatoms. The summed E-state index contributed by atoms with van der Waals surface area (Å²) < 4.78 is 0.